The summed E-state index contributed by atoms with van der Waals surface area (Å²) in [4.78, 5) is 6.99. The molecule has 0 saturated carbocycles. The zero-order valence-corrected chi connectivity index (χ0v) is 12.4. The summed E-state index contributed by atoms with van der Waals surface area (Å²) in [6, 6.07) is 0.454. The first-order valence-corrected chi connectivity index (χ1v) is 7.75. The van der Waals surface area contributed by atoms with E-state index >= 15 is 0 Å². The van der Waals surface area contributed by atoms with Gasteiger partial charge in [-0.2, -0.15) is 0 Å². The van der Waals surface area contributed by atoms with Gasteiger partial charge in [-0.1, -0.05) is 13.3 Å². The number of imidazole rings is 1. The van der Waals surface area contributed by atoms with Crippen LogP contribution in [0.2, 0.25) is 0 Å². The van der Waals surface area contributed by atoms with Crippen molar-refractivity contribution in [2.24, 2.45) is 11.7 Å². The number of hydrogen-bond acceptors (Lipinski definition) is 3. The minimum absolute atomic E-state index is 0.454. The lowest BCUT2D eigenvalue weighted by atomic mass is 9.92. The topological polar surface area (TPSA) is 47.1 Å². The van der Waals surface area contributed by atoms with Gasteiger partial charge in [-0.05, 0) is 51.7 Å². The minimum Gasteiger partial charge on any atom is -0.333 e. The molecule has 1 aromatic rings. The van der Waals surface area contributed by atoms with Crippen LogP contribution in [-0.2, 0) is 6.54 Å². The van der Waals surface area contributed by atoms with Crippen molar-refractivity contribution in [3.8, 4) is 0 Å². The summed E-state index contributed by atoms with van der Waals surface area (Å²) in [5.41, 5.74) is 7.42. The number of hydrogen-bond donors (Lipinski definition) is 1. The number of nitrogens with two attached hydrogens (primary N) is 1. The van der Waals surface area contributed by atoms with Gasteiger partial charge in [0.05, 0.1) is 18.1 Å². The highest BCUT2D eigenvalue weighted by Crippen LogP contribution is 2.34. The van der Waals surface area contributed by atoms with Crippen molar-refractivity contribution in [2.75, 3.05) is 19.6 Å². The molecule has 1 aliphatic heterocycles. The molecule has 0 spiro atoms. The summed E-state index contributed by atoms with van der Waals surface area (Å²) in [6.07, 6.45) is 9.05. The van der Waals surface area contributed by atoms with E-state index in [2.05, 4.69) is 28.3 Å². The fourth-order valence-electron chi connectivity index (χ4n) is 3.37. The normalized spacial score (nSPS) is 25.4. The summed E-state index contributed by atoms with van der Waals surface area (Å²) >= 11 is 0. The van der Waals surface area contributed by atoms with Crippen LogP contribution in [0.1, 0.15) is 51.3 Å². The van der Waals surface area contributed by atoms with E-state index in [0.717, 1.165) is 19.6 Å². The van der Waals surface area contributed by atoms with E-state index in [9.17, 15) is 0 Å². The number of rotatable bonds is 5. The first kappa shape index (κ1) is 14.5. The second kappa shape index (κ2) is 7.06. The Morgan fingerprint density at radius 1 is 1.37 bits per heavy atom. The van der Waals surface area contributed by atoms with Crippen LogP contribution in [0.25, 0.3) is 0 Å². The third-order valence-corrected chi connectivity index (χ3v) is 4.31. The molecule has 1 aromatic heterocycles. The van der Waals surface area contributed by atoms with Crippen LogP contribution in [0.5, 0.6) is 0 Å². The molecule has 0 amide bonds. The fourth-order valence-corrected chi connectivity index (χ4v) is 3.37. The molecule has 19 heavy (non-hydrogen) atoms. The predicted octanol–water partition coefficient (Wildman–Crippen LogP) is 2.41. The summed E-state index contributed by atoms with van der Waals surface area (Å²) in [7, 11) is 0. The highest BCUT2D eigenvalue weighted by molar-refractivity contribution is 5.09. The lowest BCUT2D eigenvalue weighted by Crippen LogP contribution is -2.37. The average Bonchev–Trinajstić information content (AvgIpc) is 2.80. The monoisotopic (exact) mass is 264 g/mol. The Bertz CT molecular complexity index is 374. The molecule has 0 radical (unpaired) electrons. The highest BCUT2D eigenvalue weighted by Gasteiger charge is 2.31. The number of aromatic nitrogens is 2. The summed E-state index contributed by atoms with van der Waals surface area (Å²) < 4.78 is 2.28. The van der Waals surface area contributed by atoms with Crippen molar-refractivity contribution in [3.63, 3.8) is 0 Å². The Morgan fingerprint density at radius 3 is 2.89 bits per heavy atom. The van der Waals surface area contributed by atoms with Gasteiger partial charge in [-0.3, -0.25) is 4.90 Å². The Kier molecular flexibility index (Phi) is 5.40. The van der Waals surface area contributed by atoms with Crippen molar-refractivity contribution in [3.05, 3.63) is 18.2 Å². The maximum Gasteiger partial charge on any atom is 0.0948 e. The van der Waals surface area contributed by atoms with Gasteiger partial charge in [-0.25, -0.2) is 4.98 Å². The maximum absolute atomic E-state index is 6.06. The number of nitrogens with zero attached hydrogens (tertiary/aromatic N) is 3. The molecule has 0 bridgehead atoms. The van der Waals surface area contributed by atoms with Crippen molar-refractivity contribution in [2.45, 2.75) is 52.1 Å². The lowest BCUT2D eigenvalue weighted by molar-refractivity contribution is 0.151. The van der Waals surface area contributed by atoms with Gasteiger partial charge in [0.2, 0.25) is 0 Å². The summed E-state index contributed by atoms with van der Waals surface area (Å²) in [5.74, 6) is 0.566. The van der Waals surface area contributed by atoms with Gasteiger partial charge in [0.25, 0.3) is 0 Å². The third kappa shape index (κ3) is 3.18. The van der Waals surface area contributed by atoms with Crippen LogP contribution in [0.4, 0.5) is 0 Å². The van der Waals surface area contributed by atoms with Gasteiger partial charge in [0.15, 0.2) is 0 Å². The maximum atomic E-state index is 6.06. The largest absolute Gasteiger partial charge is 0.333 e. The Hall–Kier alpha value is -0.870. The standard InChI is InChI=1S/C15H28N4/c1-3-8-19-9-6-5-7-13(10-16)15(19)14-11-17-12-18(14)4-2/h11-13,15H,3-10,16H2,1-2H3. The molecular weight excluding hydrogens is 236 g/mol. The van der Waals surface area contributed by atoms with E-state index in [-0.39, 0.29) is 0 Å². The number of aryl methyl sites for hydroxylation is 1. The van der Waals surface area contributed by atoms with Gasteiger partial charge >= 0.3 is 0 Å². The molecule has 4 heteroatoms. The molecule has 1 fully saturated rings. The molecule has 0 aromatic carbocycles. The highest BCUT2D eigenvalue weighted by atomic mass is 15.2. The van der Waals surface area contributed by atoms with E-state index in [1.54, 1.807) is 0 Å². The van der Waals surface area contributed by atoms with Crippen molar-refractivity contribution in [1.29, 1.82) is 0 Å². The van der Waals surface area contributed by atoms with E-state index in [4.69, 9.17) is 5.73 Å². The number of likely N-dealkylation sites (tertiary alicyclic amines) is 1. The fraction of sp³-hybridized carbons (Fsp3) is 0.800. The van der Waals surface area contributed by atoms with E-state index < -0.39 is 0 Å². The van der Waals surface area contributed by atoms with Gasteiger partial charge < -0.3 is 10.3 Å². The van der Waals surface area contributed by atoms with E-state index in [1.165, 1.54) is 37.9 Å². The van der Waals surface area contributed by atoms with Crippen molar-refractivity contribution in [1.82, 2.24) is 14.5 Å². The smallest absolute Gasteiger partial charge is 0.0948 e. The first-order valence-electron chi connectivity index (χ1n) is 7.75. The average molecular weight is 264 g/mol. The van der Waals surface area contributed by atoms with E-state index in [0.29, 0.717) is 12.0 Å². The van der Waals surface area contributed by atoms with Crippen LogP contribution >= 0.6 is 0 Å². The molecule has 1 saturated heterocycles. The van der Waals surface area contributed by atoms with Crippen LogP contribution in [0.3, 0.4) is 0 Å². The minimum atomic E-state index is 0.454. The zero-order chi connectivity index (χ0) is 13.7. The Balaban J connectivity index is 2.31. The van der Waals surface area contributed by atoms with E-state index in [1.807, 2.05) is 12.5 Å². The first-order chi connectivity index (χ1) is 9.31. The SMILES string of the molecule is CCCN1CCCCC(CN)C1c1cncn1CC. The van der Waals surface area contributed by atoms with Crippen LogP contribution < -0.4 is 5.73 Å². The molecule has 2 heterocycles. The molecule has 0 aliphatic carbocycles. The summed E-state index contributed by atoms with van der Waals surface area (Å²) in [5, 5.41) is 0. The van der Waals surface area contributed by atoms with Gasteiger partial charge in [0, 0.05) is 12.7 Å². The molecule has 4 nitrogen and oxygen atoms in total. The Labute approximate surface area is 117 Å². The van der Waals surface area contributed by atoms with Crippen LogP contribution in [0, 0.1) is 5.92 Å². The molecular formula is C15H28N4. The van der Waals surface area contributed by atoms with Crippen molar-refractivity contribution >= 4 is 0 Å². The van der Waals surface area contributed by atoms with Crippen molar-refractivity contribution < 1.29 is 0 Å². The summed E-state index contributed by atoms with van der Waals surface area (Å²) in [6.45, 7) is 8.57. The lowest BCUT2D eigenvalue weighted by Gasteiger charge is -2.34. The van der Waals surface area contributed by atoms with Crippen LogP contribution in [-0.4, -0.2) is 34.1 Å². The molecule has 2 unspecified atom stereocenters. The molecule has 1 aliphatic rings. The molecule has 2 rings (SSSR count). The zero-order valence-electron chi connectivity index (χ0n) is 12.4. The second-order valence-corrected chi connectivity index (χ2v) is 5.58. The third-order valence-electron chi connectivity index (χ3n) is 4.31. The predicted molar refractivity (Wildman–Crippen MR) is 78.9 cm³/mol. The van der Waals surface area contributed by atoms with Gasteiger partial charge in [-0.15, -0.1) is 0 Å². The molecule has 108 valence electrons. The Morgan fingerprint density at radius 2 is 2.21 bits per heavy atom. The molecule has 2 atom stereocenters. The quantitative estimate of drug-likeness (QED) is 0.888. The second-order valence-electron chi connectivity index (χ2n) is 5.58. The van der Waals surface area contributed by atoms with Gasteiger partial charge in [0.1, 0.15) is 0 Å². The van der Waals surface area contributed by atoms with Crippen LogP contribution in [0.15, 0.2) is 12.5 Å². The molecule has 2 N–H and O–H groups in total.